The molecule has 102 valence electrons. The van der Waals surface area contributed by atoms with Crippen LogP contribution in [0.3, 0.4) is 0 Å². The highest BCUT2D eigenvalue weighted by Gasteiger charge is 2.25. The molecule has 0 bridgehead atoms. The lowest BCUT2D eigenvalue weighted by Gasteiger charge is -2.36. The molecule has 0 spiro atoms. The normalized spacial score (nSPS) is 20.1. The van der Waals surface area contributed by atoms with E-state index in [-0.39, 0.29) is 6.61 Å². The van der Waals surface area contributed by atoms with Gasteiger partial charge >= 0.3 is 0 Å². The van der Waals surface area contributed by atoms with Crippen LogP contribution in [0.25, 0.3) is 5.65 Å². The molecule has 1 aliphatic heterocycles. The van der Waals surface area contributed by atoms with Gasteiger partial charge in [0.2, 0.25) is 5.65 Å². The summed E-state index contributed by atoms with van der Waals surface area (Å²) < 4.78 is 1.97. The molecule has 0 amide bonds. The minimum atomic E-state index is 0.218. The van der Waals surface area contributed by atoms with Crippen LogP contribution in [-0.2, 0) is 0 Å². The molecule has 1 aliphatic rings. The average molecular weight is 261 g/mol. The van der Waals surface area contributed by atoms with Crippen LogP contribution in [0.15, 0.2) is 12.4 Å². The Bertz CT molecular complexity index is 565. The van der Waals surface area contributed by atoms with Crippen LogP contribution < -0.4 is 4.90 Å². The number of piperidine rings is 1. The first-order valence-corrected chi connectivity index (χ1v) is 6.85. The Morgan fingerprint density at radius 3 is 3.11 bits per heavy atom. The number of aliphatic hydroxyl groups is 1. The molecular weight excluding hydrogens is 242 g/mol. The van der Waals surface area contributed by atoms with Gasteiger partial charge in [-0.25, -0.2) is 4.98 Å². The number of fused-ring (bicyclic) bond motifs is 1. The zero-order valence-electron chi connectivity index (χ0n) is 11.2. The minimum absolute atomic E-state index is 0.218. The van der Waals surface area contributed by atoms with Gasteiger partial charge in [-0.2, -0.15) is 0 Å². The smallest absolute Gasteiger partial charge is 0.203 e. The minimum Gasteiger partial charge on any atom is -0.396 e. The zero-order chi connectivity index (χ0) is 13.2. The fraction of sp³-hybridized carbons (Fsp3) is 0.615. The summed E-state index contributed by atoms with van der Waals surface area (Å²) in [5, 5.41) is 17.6. The summed E-state index contributed by atoms with van der Waals surface area (Å²) in [5.74, 6) is 1.76. The van der Waals surface area contributed by atoms with Crippen molar-refractivity contribution in [1.29, 1.82) is 0 Å². The number of hydrogen-bond acceptors (Lipinski definition) is 5. The largest absolute Gasteiger partial charge is 0.396 e. The van der Waals surface area contributed by atoms with E-state index in [1.807, 2.05) is 17.5 Å². The van der Waals surface area contributed by atoms with Crippen molar-refractivity contribution in [1.82, 2.24) is 19.6 Å². The van der Waals surface area contributed by atoms with Gasteiger partial charge in [-0.1, -0.05) is 0 Å². The van der Waals surface area contributed by atoms with Crippen molar-refractivity contribution in [2.75, 3.05) is 18.1 Å². The maximum Gasteiger partial charge on any atom is 0.203 e. The molecule has 6 nitrogen and oxygen atoms in total. The van der Waals surface area contributed by atoms with Crippen LogP contribution in [-0.4, -0.2) is 43.9 Å². The molecule has 1 fully saturated rings. The zero-order valence-corrected chi connectivity index (χ0v) is 11.2. The van der Waals surface area contributed by atoms with Crippen molar-refractivity contribution < 1.29 is 5.11 Å². The van der Waals surface area contributed by atoms with Gasteiger partial charge in [0.05, 0.1) is 0 Å². The van der Waals surface area contributed by atoms with E-state index in [2.05, 4.69) is 20.1 Å². The summed E-state index contributed by atoms with van der Waals surface area (Å²) in [4.78, 5) is 6.78. The van der Waals surface area contributed by atoms with Crippen molar-refractivity contribution in [3.63, 3.8) is 0 Å². The van der Waals surface area contributed by atoms with Crippen LogP contribution in [0, 0.1) is 6.92 Å². The van der Waals surface area contributed by atoms with Crippen LogP contribution in [0.2, 0.25) is 0 Å². The van der Waals surface area contributed by atoms with Gasteiger partial charge in [0.15, 0.2) is 5.82 Å². The van der Waals surface area contributed by atoms with Crippen molar-refractivity contribution in [3.8, 4) is 0 Å². The molecule has 2 aromatic heterocycles. The Hall–Kier alpha value is -1.69. The summed E-state index contributed by atoms with van der Waals surface area (Å²) in [5.41, 5.74) is 0.810. The predicted molar refractivity (Wildman–Crippen MR) is 72.2 cm³/mol. The third-order valence-electron chi connectivity index (χ3n) is 3.84. The van der Waals surface area contributed by atoms with E-state index in [1.54, 1.807) is 6.20 Å². The van der Waals surface area contributed by atoms with Crippen LogP contribution in [0.5, 0.6) is 0 Å². The van der Waals surface area contributed by atoms with Gasteiger partial charge in [-0.05, 0) is 32.6 Å². The molecule has 3 heterocycles. The highest BCUT2D eigenvalue weighted by atomic mass is 16.3. The summed E-state index contributed by atoms with van der Waals surface area (Å²) in [7, 11) is 0. The molecule has 2 aromatic rings. The van der Waals surface area contributed by atoms with E-state index >= 15 is 0 Å². The number of hydrogen-bond donors (Lipinski definition) is 1. The SMILES string of the molecule is Cc1nnc2c(N3CCCCC3CCO)nccn12. The second-order valence-electron chi connectivity index (χ2n) is 5.05. The first-order chi connectivity index (χ1) is 9.31. The maximum absolute atomic E-state index is 9.22. The Balaban J connectivity index is 2.01. The molecule has 3 rings (SSSR count). The molecular formula is C13H19N5O. The van der Waals surface area contributed by atoms with Crippen LogP contribution in [0.1, 0.15) is 31.5 Å². The molecule has 0 radical (unpaired) electrons. The molecule has 1 unspecified atom stereocenters. The number of aryl methyl sites for hydroxylation is 1. The van der Waals surface area contributed by atoms with Crippen molar-refractivity contribution in [2.24, 2.45) is 0 Å². The van der Waals surface area contributed by atoms with E-state index in [4.69, 9.17) is 0 Å². The van der Waals surface area contributed by atoms with E-state index in [0.29, 0.717) is 6.04 Å². The first kappa shape index (κ1) is 12.3. The average Bonchev–Trinajstić information content (AvgIpc) is 2.82. The highest BCUT2D eigenvalue weighted by Crippen LogP contribution is 2.27. The van der Waals surface area contributed by atoms with Crippen molar-refractivity contribution in [3.05, 3.63) is 18.2 Å². The lowest BCUT2D eigenvalue weighted by Crippen LogP contribution is -2.41. The first-order valence-electron chi connectivity index (χ1n) is 6.85. The van der Waals surface area contributed by atoms with E-state index in [9.17, 15) is 5.11 Å². The second kappa shape index (κ2) is 5.13. The summed E-state index contributed by atoms with van der Waals surface area (Å²) >= 11 is 0. The number of aromatic nitrogens is 4. The molecule has 1 N–H and O–H groups in total. The topological polar surface area (TPSA) is 66.5 Å². The van der Waals surface area contributed by atoms with Gasteiger partial charge in [-0.15, -0.1) is 10.2 Å². The van der Waals surface area contributed by atoms with Crippen LogP contribution >= 0.6 is 0 Å². The Kier molecular flexibility index (Phi) is 3.33. The molecule has 1 saturated heterocycles. The van der Waals surface area contributed by atoms with Gasteiger partial charge < -0.3 is 10.0 Å². The number of aliphatic hydroxyl groups excluding tert-OH is 1. The Labute approximate surface area is 112 Å². The third kappa shape index (κ3) is 2.16. The van der Waals surface area contributed by atoms with Gasteiger partial charge in [-0.3, -0.25) is 4.40 Å². The summed E-state index contributed by atoms with van der Waals surface area (Å²) in [6.45, 7) is 3.13. The summed E-state index contributed by atoms with van der Waals surface area (Å²) in [6, 6.07) is 0.356. The van der Waals surface area contributed by atoms with E-state index in [1.165, 1.54) is 6.42 Å². The van der Waals surface area contributed by atoms with Gasteiger partial charge in [0, 0.05) is 31.6 Å². The molecule has 6 heteroatoms. The summed E-state index contributed by atoms with van der Waals surface area (Å²) in [6.07, 6.45) is 7.96. The van der Waals surface area contributed by atoms with Crippen molar-refractivity contribution >= 4 is 11.5 Å². The monoisotopic (exact) mass is 261 g/mol. The van der Waals surface area contributed by atoms with Crippen LogP contribution in [0.4, 0.5) is 5.82 Å². The van der Waals surface area contributed by atoms with Gasteiger partial charge in [0.25, 0.3) is 0 Å². The molecule has 0 saturated carbocycles. The lowest BCUT2D eigenvalue weighted by molar-refractivity contribution is 0.262. The van der Waals surface area contributed by atoms with Crippen molar-refractivity contribution in [2.45, 2.75) is 38.6 Å². The predicted octanol–water partition coefficient (Wildman–Crippen LogP) is 1.17. The second-order valence-corrected chi connectivity index (χ2v) is 5.05. The van der Waals surface area contributed by atoms with E-state index in [0.717, 1.165) is 43.1 Å². The van der Waals surface area contributed by atoms with E-state index < -0.39 is 0 Å². The number of rotatable bonds is 3. The fourth-order valence-electron chi connectivity index (χ4n) is 2.86. The quantitative estimate of drug-likeness (QED) is 0.898. The Morgan fingerprint density at radius 1 is 1.37 bits per heavy atom. The fourth-order valence-corrected chi connectivity index (χ4v) is 2.86. The molecule has 0 aromatic carbocycles. The lowest BCUT2D eigenvalue weighted by atomic mass is 10.00. The Morgan fingerprint density at radius 2 is 2.26 bits per heavy atom. The molecule has 1 atom stereocenters. The van der Waals surface area contributed by atoms with Gasteiger partial charge in [0.1, 0.15) is 5.82 Å². The molecule has 0 aliphatic carbocycles. The number of anilines is 1. The molecule has 19 heavy (non-hydrogen) atoms. The maximum atomic E-state index is 9.22. The number of nitrogens with zero attached hydrogens (tertiary/aromatic N) is 5. The highest BCUT2D eigenvalue weighted by molar-refractivity contribution is 5.64. The third-order valence-corrected chi connectivity index (χ3v) is 3.84. The standard InChI is InChI=1S/C13H19N5O/c1-10-15-16-13-12(14-6-8-17(10)13)18-7-3-2-4-11(18)5-9-19/h6,8,11,19H,2-5,7,9H2,1H3.